The molecular formula is C39H71NO. The number of carbonyl (C=O) groups is 1. The molecule has 2 unspecified atom stereocenters. The molecule has 0 fully saturated rings. The molecule has 0 saturated carbocycles. The van der Waals surface area contributed by atoms with Gasteiger partial charge in [-0.2, -0.15) is 0 Å². The summed E-state index contributed by atoms with van der Waals surface area (Å²) in [6.45, 7) is 13.0. The first-order chi connectivity index (χ1) is 20.1. The summed E-state index contributed by atoms with van der Waals surface area (Å²) in [5.41, 5.74) is 0. The molecule has 0 aliphatic heterocycles. The van der Waals surface area contributed by atoms with Crippen LogP contribution in [-0.4, -0.2) is 30.8 Å². The highest BCUT2D eigenvalue weighted by molar-refractivity contribution is 5.48. The third-order valence-corrected chi connectivity index (χ3v) is 8.04. The molecule has 0 aliphatic rings. The second kappa shape index (κ2) is 33.1. The van der Waals surface area contributed by atoms with Gasteiger partial charge >= 0.3 is 0 Å². The van der Waals surface area contributed by atoms with Crippen LogP contribution in [0.4, 0.5) is 0 Å². The fourth-order valence-electron chi connectivity index (χ4n) is 5.46. The van der Waals surface area contributed by atoms with Gasteiger partial charge in [-0.05, 0) is 89.0 Å². The Morgan fingerprint density at radius 3 is 1.39 bits per heavy atom. The van der Waals surface area contributed by atoms with Crippen LogP contribution < -0.4 is 0 Å². The zero-order valence-corrected chi connectivity index (χ0v) is 28.2. The van der Waals surface area contributed by atoms with Crippen molar-refractivity contribution in [3.63, 3.8) is 0 Å². The van der Waals surface area contributed by atoms with Gasteiger partial charge in [0, 0.05) is 19.5 Å². The van der Waals surface area contributed by atoms with Crippen molar-refractivity contribution in [3.8, 4) is 0 Å². The summed E-state index contributed by atoms with van der Waals surface area (Å²) in [6.07, 6.45) is 45.7. The molecular weight excluding hydrogens is 498 g/mol. The van der Waals surface area contributed by atoms with Gasteiger partial charge in [0.05, 0.1) is 0 Å². The van der Waals surface area contributed by atoms with E-state index in [2.05, 4.69) is 81.2 Å². The Balaban J connectivity index is 4.11. The van der Waals surface area contributed by atoms with E-state index in [0.717, 1.165) is 37.5 Å². The molecule has 0 bridgehead atoms. The van der Waals surface area contributed by atoms with Crippen LogP contribution in [0.15, 0.2) is 48.6 Å². The summed E-state index contributed by atoms with van der Waals surface area (Å²) in [5.74, 6) is 1.51. The highest BCUT2D eigenvalue weighted by atomic mass is 16.1. The predicted octanol–water partition coefficient (Wildman–Crippen LogP) is 12.2. The van der Waals surface area contributed by atoms with E-state index in [1.54, 1.807) is 0 Å². The molecule has 41 heavy (non-hydrogen) atoms. The number of unbranched alkanes of at least 4 members (excludes halogenated alkanes) is 14. The smallest absolute Gasteiger partial charge is 0.119 e. The lowest BCUT2D eigenvalue weighted by atomic mass is 9.99. The van der Waals surface area contributed by atoms with E-state index in [-0.39, 0.29) is 0 Å². The average Bonchev–Trinajstić information content (AvgIpc) is 2.96. The van der Waals surface area contributed by atoms with Gasteiger partial charge in [-0.3, -0.25) is 0 Å². The number of hydrogen-bond donors (Lipinski definition) is 0. The van der Waals surface area contributed by atoms with E-state index >= 15 is 0 Å². The van der Waals surface area contributed by atoms with Gasteiger partial charge in [0.25, 0.3) is 0 Å². The lowest BCUT2D eigenvalue weighted by Crippen LogP contribution is -2.33. The second-order valence-electron chi connectivity index (χ2n) is 12.6. The molecule has 0 heterocycles. The standard InChI is InChI=1S/C39H71NO/c1-5-7-9-11-13-15-17-19-21-23-25-28-32-38(3)36-40(34-30-27-31-35-41)37-39(4)33-29-26-24-22-20-18-16-14-12-10-8-6-2/h11,13-18,20,35,38-39H,5-10,12,19,21-34,36-37H2,1-4H3/b13-11+,16-14+,17-15+,20-18+. The van der Waals surface area contributed by atoms with Crippen LogP contribution in [0.2, 0.25) is 0 Å². The topological polar surface area (TPSA) is 20.3 Å². The number of aldehydes is 1. The maximum absolute atomic E-state index is 10.8. The molecule has 0 spiro atoms. The molecule has 238 valence electrons. The van der Waals surface area contributed by atoms with Gasteiger partial charge in [-0.15, -0.1) is 0 Å². The van der Waals surface area contributed by atoms with E-state index in [0.29, 0.717) is 6.42 Å². The Morgan fingerprint density at radius 1 is 0.488 bits per heavy atom. The van der Waals surface area contributed by atoms with Gasteiger partial charge in [0.2, 0.25) is 0 Å². The zero-order valence-electron chi connectivity index (χ0n) is 28.2. The first kappa shape index (κ1) is 39.6. The second-order valence-corrected chi connectivity index (χ2v) is 12.6. The first-order valence-electron chi connectivity index (χ1n) is 17.9. The highest BCUT2D eigenvalue weighted by Crippen LogP contribution is 2.17. The van der Waals surface area contributed by atoms with Crippen molar-refractivity contribution < 1.29 is 4.79 Å². The van der Waals surface area contributed by atoms with Gasteiger partial charge in [0.1, 0.15) is 6.29 Å². The Morgan fingerprint density at radius 2 is 0.902 bits per heavy atom. The van der Waals surface area contributed by atoms with Gasteiger partial charge < -0.3 is 9.69 Å². The number of carbonyl (C=O) groups excluding carboxylic acids is 1. The van der Waals surface area contributed by atoms with Gasteiger partial charge in [-0.25, -0.2) is 0 Å². The average molecular weight is 570 g/mol. The van der Waals surface area contributed by atoms with Crippen LogP contribution in [-0.2, 0) is 4.79 Å². The van der Waals surface area contributed by atoms with Gasteiger partial charge in [-0.1, -0.05) is 134 Å². The van der Waals surface area contributed by atoms with Crippen LogP contribution in [0.1, 0.15) is 163 Å². The predicted molar refractivity (Wildman–Crippen MR) is 186 cm³/mol. The fraction of sp³-hybridized carbons (Fsp3) is 0.769. The van der Waals surface area contributed by atoms with Crippen LogP contribution in [0.25, 0.3) is 0 Å². The third kappa shape index (κ3) is 31.4. The number of hydrogen-bond acceptors (Lipinski definition) is 2. The minimum absolute atomic E-state index is 0.715. The van der Waals surface area contributed by atoms with Crippen molar-refractivity contribution in [2.75, 3.05) is 19.6 Å². The van der Waals surface area contributed by atoms with Crippen LogP contribution in [0, 0.1) is 11.8 Å². The Kier molecular flexibility index (Phi) is 32.0. The first-order valence-corrected chi connectivity index (χ1v) is 17.9. The van der Waals surface area contributed by atoms with E-state index < -0.39 is 0 Å². The number of nitrogens with zero attached hydrogens (tertiary/aromatic N) is 1. The van der Waals surface area contributed by atoms with E-state index in [1.807, 2.05) is 0 Å². The number of rotatable bonds is 31. The zero-order chi connectivity index (χ0) is 30.1. The fourth-order valence-corrected chi connectivity index (χ4v) is 5.46. The summed E-state index contributed by atoms with van der Waals surface area (Å²) in [6, 6.07) is 0. The van der Waals surface area contributed by atoms with E-state index in [4.69, 9.17) is 0 Å². The molecule has 0 rings (SSSR count). The maximum atomic E-state index is 10.8. The molecule has 0 aliphatic carbocycles. The molecule has 0 radical (unpaired) electrons. The van der Waals surface area contributed by atoms with Crippen LogP contribution in [0.5, 0.6) is 0 Å². The Labute approximate surface area is 258 Å². The lowest BCUT2D eigenvalue weighted by molar-refractivity contribution is -0.107. The monoisotopic (exact) mass is 570 g/mol. The minimum Gasteiger partial charge on any atom is -0.303 e. The number of allylic oxidation sites excluding steroid dienone is 8. The Bertz CT molecular complexity index is 646. The molecule has 0 saturated heterocycles. The summed E-state index contributed by atoms with van der Waals surface area (Å²) in [5, 5.41) is 0. The third-order valence-electron chi connectivity index (χ3n) is 8.04. The van der Waals surface area contributed by atoms with Crippen molar-refractivity contribution >= 4 is 6.29 Å². The van der Waals surface area contributed by atoms with Crippen molar-refractivity contribution in [2.24, 2.45) is 11.8 Å². The molecule has 2 nitrogen and oxygen atoms in total. The molecule has 2 heteroatoms. The molecule has 0 aromatic rings. The summed E-state index contributed by atoms with van der Waals surface area (Å²) < 4.78 is 0. The minimum atomic E-state index is 0.715. The Hall–Kier alpha value is -1.41. The normalized spacial score (nSPS) is 14.0. The molecule has 0 aromatic heterocycles. The lowest BCUT2D eigenvalue weighted by Gasteiger charge is -2.28. The van der Waals surface area contributed by atoms with Crippen LogP contribution in [0.3, 0.4) is 0 Å². The molecule has 0 aromatic carbocycles. The molecule has 2 atom stereocenters. The molecule has 0 N–H and O–H groups in total. The van der Waals surface area contributed by atoms with Crippen LogP contribution >= 0.6 is 0 Å². The summed E-state index contributed by atoms with van der Waals surface area (Å²) >= 11 is 0. The maximum Gasteiger partial charge on any atom is 0.119 e. The summed E-state index contributed by atoms with van der Waals surface area (Å²) in [7, 11) is 0. The van der Waals surface area contributed by atoms with E-state index in [9.17, 15) is 4.79 Å². The quantitative estimate of drug-likeness (QED) is 0.0470. The highest BCUT2D eigenvalue weighted by Gasteiger charge is 2.13. The molecule has 0 amide bonds. The van der Waals surface area contributed by atoms with Crippen molar-refractivity contribution in [1.82, 2.24) is 4.90 Å². The largest absolute Gasteiger partial charge is 0.303 e. The van der Waals surface area contributed by atoms with Crippen molar-refractivity contribution in [1.29, 1.82) is 0 Å². The van der Waals surface area contributed by atoms with E-state index in [1.165, 1.54) is 129 Å². The summed E-state index contributed by atoms with van der Waals surface area (Å²) in [4.78, 5) is 13.5. The van der Waals surface area contributed by atoms with Crippen molar-refractivity contribution in [2.45, 2.75) is 163 Å². The van der Waals surface area contributed by atoms with Crippen molar-refractivity contribution in [3.05, 3.63) is 48.6 Å². The van der Waals surface area contributed by atoms with Gasteiger partial charge in [0.15, 0.2) is 0 Å². The SMILES string of the molecule is CCCC/C=C/C=C/CCCCCCC(C)CN(CCCCC=O)CC(C)CCCCC/C=C/C=C/CCCCC.